The quantitative estimate of drug-likeness (QED) is 0.126. The van der Waals surface area contributed by atoms with Crippen LogP contribution in [0, 0.1) is 118 Å². The molecule has 93 heavy (non-hydrogen) atoms. The van der Waals surface area contributed by atoms with Gasteiger partial charge in [-0.15, -0.1) is 0 Å². The van der Waals surface area contributed by atoms with Gasteiger partial charge in [-0.2, -0.15) is 0 Å². The smallest absolute Gasteiger partial charge is 0.0375 e. The normalized spacial score (nSPS) is 59.4. The molecule has 24 bridgehead atoms. The van der Waals surface area contributed by atoms with E-state index >= 15 is 0 Å². The summed E-state index contributed by atoms with van der Waals surface area (Å²) < 4.78 is 0. The third kappa shape index (κ3) is 8.03. The van der Waals surface area contributed by atoms with Gasteiger partial charge in [-0.1, -0.05) is 48.6 Å². The summed E-state index contributed by atoms with van der Waals surface area (Å²) in [6.45, 7) is 0. The second kappa shape index (κ2) is 20.4. The van der Waals surface area contributed by atoms with E-state index < -0.39 is 0 Å². The van der Waals surface area contributed by atoms with E-state index in [0.29, 0.717) is 204 Å². The zero-order valence-electron chi connectivity index (χ0n) is 55.1. The largest absolute Gasteiger partial charge is 0.388 e. The lowest BCUT2D eigenvalue weighted by Gasteiger charge is -2.59. The van der Waals surface area contributed by atoms with Crippen LogP contribution in [0.2, 0.25) is 0 Å². The van der Waals surface area contributed by atoms with Gasteiger partial charge in [0.2, 0.25) is 0 Å². The maximum atomic E-state index is 4.85. The monoisotopic (exact) mass is 1250 g/mol. The van der Waals surface area contributed by atoms with Gasteiger partial charge < -0.3 is 74.4 Å². The van der Waals surface area contributed by atoms with E-state index in [1.54, 1.807) is 11.4 Å². The molecule has 0 spiro atoms. The molecule has 7 saturated carbocycles. The van der Waals surface area contributed by atoms with Crippen LogP contribution in [0.25, 0.3) is 0 Å². The number of rotatable bonds is 0. The molecule has 40 atom stereocenters. The van der Waals surface area contributed by atoms with Crippen LogP contribution in [0.3, 0.4) is 0 Å². The molecule has 7 aliphatic carbocycles. The Bertz CT molecular complexity index is 3130. The molecule has 40 unspecified atom stereocenters. The molecule has 24 aliphatic rings. The first-order valence-corrected chi connectivity index (χ1v) is 40.2. The third-order valence-electron chi connectivity index (χ3n) is 33.9. The molecular formula is C79H110N14. The number of piperidine rings is 6. The number of fused-ring (bicyclic) bond motifs is 26. The van der Waals surface area contributed by atoms with Gasteiger partial charge in [0, 0.05) is 257 Å². The fourth-order valence-corrected chi connectivity index (χ4v) is 30.6. The SMILES string of the molecule is C1=CC2C(CC3C=C4CC5=CC6C(N5)C(C5CCC7CCC8CCC(NC8C7N5)C2C3N4)C2C=C3CC4=CC5C(N4)C(C4CCC7CCC8CCC(NC8C7N4)C6C2N3)C2C=C3CC4=CC6CC7NC=CC7C(C7CCC8CCC9CCC(NC9C8N7)C5C2N3)C6N4)N1. The van der Waals surface area contributed by atoms with Crippen molar-refractivity contribution in [1.29, 1.82) is 0 Å². The highest BCUT2D eigenvalue weighted by Crippen LogP contribution is 2.59. The molecule has 0 aromatic carbocycles. The second-order valence-corrected chi connectivity index (χ2v) is 37.2. The lowest BCUT2D eigenvalue weighted by Crippen LogP contribution is -2.73. The van der Waals surface area contributed by atoms with Crippen LogP contribution in [0.4, 0.5) is 0 Å². The zero-order chi connectivity index (χ0) is 59.8. The molecule has 496 valence electrons. The fourth-order valence-electron chi connectivity index (χ4n) is 30.6. The third-order valence-corrected chi connectivity index (χ3v) is 33.9. The summed E-state index contributed by atoms with van der Waals surface area (Å²) in [5, 5.41) is 63.9. The maximum Gasteiger partial charge on any atom is 0.0375 e. The lowest BCUT2D eigenvalue weighted by molar-refractivity contribution is -0.0213. The first-order valence-electron chi connectivity index (χ1n) is 40.2. The Morgan fingerprint density at radius 1 is 0.226 bits per heavy atom. The molecular weight excluding hydrogens is 1140 g/mol. The van der Waals surface area contributed by atoms with Crippen molar-refractivity contribution in [3.8, 4) is 0 Å². The van der Waals surface area contributed by atoms with Gasteiger partial charge in [0.05, 0.1) is 0 Å². The van der Waals surface area contributed by atoms with Gasteiger partial charge in [0.1, 0.15) is 0 Å². The topological polar surface area (TPSA) is 168 Å². The number of hydrogen-bond acceptors (Lipinski definition) is 14. The van der Waals surface area contributed by atoms with E-state index in [4.69, 9.17) is 31.9 Å². The minimum Gasteiger partial charge on any atom is -0.388 e. The van der Waals surface area contributed by atoms with Gasteiger partial charge in [-0.25, -0.2) is 0 Å². The van der Waals surface area contributed by atoms with Crippen LogP contribution < -0.4 is 74.4 Å². The predicted molar refractivity (Wildman–Crippen MR) is 362 cm³/mol. The van der Waals surface area contributed by atoms with Crippen LogP contribution in [-0.2, 0) is 0 Å². The van der Waals surface area contributed by atoms with Crippen molar-refractivity contribution in [3.63, 3.8) is 0 Å². The molecule has 14 heteroatoms. The van der Waals surface area contributed by atoms with E-state index in [9.17, 15) is 0 Å². The Morgan fingerprint density at radius 3 is 0.742 bits per heavy atom. The second-order valence-electron chi connectivity index (χ2n) is 37.2. The summed E-state index contributed by atoms with van der Waals surface area (Å²) in [7, 11) is 0. The van der Waals surface area contributed by atoms with Crippen LogP contribution in [0.1, 0.15) is 148 Å². The summed E-state index contributed by atoms with van der Waals surface area (Å²) in [5.41, 5.74) is 9.17. The van der Waals surface area contributed by atoms with Crippen molar-refractivity contribution in [2.45, 2.75) is 269 Å². The van der Waals surface area contributed by atoms with Gasteiger partial charge in [-0.05, 0) is 176 Å². The average Bonchev–Trinajstić information content (AvgIpc) is 1.62. The molecule has 16 fully saturated rings. The minimum atomic E-state index is 0.420. The molecule has 14 nitrogen and oxygen atoms in total. The first kappa shape index (κ1) is 55.0. The maximum absolute atomic E-state index is 4.85. The molecule has 9 saturated heterocycles. The minimum absolute atomic E-state index is 0.420. The van der Waals surface area contributed by atoms with Crippen LogP contribution in [-0.4, -0.2) is 121 Å². The molecule has 17 heterocycles. The Hall–Kier alpha value is -3.92. The first-order chi connectivity index (χ1) is 45.9. The predicted octanol–water partition coefficient (Wildman–Crippen LogP) is 6.57. The zero-order valence-corrected chi connectivity index (χ0v) is 55.1. The Labute approximate surface area is 553 Å². The highest BCUT2D eigenvalue weighted by Gasteiger charge is 2.65. The summed E-state index contributed by atoms with van der Waals surface area (Å²) >= 11 is 0. The fraction of sp³-hybridized carbons (Fsp3) is 0.797. The average molecular weight is 1260 g/mol. The van der Waals surface area contributed by atoms with Gasteiger partial charge in [-0.3, -0.25) is 0 Å². The van der Waals surface area contributed by atoms with Gasteiger partial charge >= 0.3 is 0 Å². The van der Waals surface area contributed by atoms with Crippen molar-refractivity contribution in [3.05, 3.63) is 95.2 Å². The van der Waals surface area contributed by atoms with Crippen molar-refractivity contribution >= 4 is 0 Å². The molecule has 17 aliphatic heterocycles. The molecule has 14 N–H and O–H groups in total. The highest BCUT2D eigenvalue weighted by atomic mass is 15.2. The van der Waals surface area contributed by atoms with Crippen molar-refractivity contribution in [1.82, 2.24) is 74.4 Å². The van der Waals surface area contributed by atoms with Gasteiger partial charge in [0.25, 0.3) is 0 Å². The highest BCUT2D eigenvalue weighted by molar-refractivity contribution is 5.39. The van der Waals surface area contributed by atoms with Gasteiger partial charge in [0.15, 0.2) is 0 Å². The molecule has 0 radical (unpaired) electrons. The Balaban J connectivity index is 0.621. The van der Waals surface area contributed by atoms with Crippen LogP contribution in [0.15, 0.2) is 95.2 Å². The van der Waals surface area contributed by atoms with Crippen LogP contribution >= 0.6 is 0 Å². The standard InChI is InChI=1S/C79H110N14/c1-3-36-9-15-58-66-52-32-46-29-47-33-53-67-59-16-10-37-4-2-35-8-14-55(89-71(35)73(37)91-59)63-49-20-22-81-61(49)26-41-24-43(83-69(41)63)28-45-31-51(77(67)85-45)65(79(53)87-47)57-18-12-39-6-5-38-11-17-56(92-74(38)75(39)93-57)64(78(52)86-46)50-30-44(84-76(50)66)27-42-23-40-25-60-48(19-21-80-60)62(68(40)82-42)54-13-7-34(1)70(88-54)72(36)90-58/h19-24,30-41,48-93H,1-18,25-29H2. The lowest BCUT2D eigenvalue weighted by atomic mass is 9.56. The summed E-state index contributed by atoms with van der Waals surface area (Å²) in [6, 6.07) is 10.2. The number of hydrogen-bond donors (Lipinski definition) is 14. The molecule has 0 aromatic heterocycles. The van der Waals surface area contributed by atoms with E-state index in [-0.39, 0.29) is 0 Å². The summed E-state index contributed by atoms with van der Waals surface area (Å²) in [5.74, 6) is 12.2. The van der Waals surface area contributed by atoms with Crippen LogP contribution in [0.5, 0.6) is 0 Å². The number of nitrogens with one attached hydrogen (secondary N) is 14. The molecule has 24 rings (SSSR count). The van der Waals surface area contributed by atoms with E-state index in [0.717, 1.165) is 54.8 Å². The summed E-state index contributed by atoms with van der Waals surface area (Å²) in [4.78, 5) is 0. The van der Waals surface area contributed by atoms with Crippen molar-refractivity contribution in [2.24, 2.45) is 118 Å². The molecule has 0 aromatic rings. The Kier molecular flexibility index (Phi) is 12.0. The van der Waals surface area contributed by atoms with E-state index in [1.165, 1.54) is 151 Å². The Morgan fingerprint density at radius 2 is 0.462 bits per heavy atom. The summed E-state index contributed by atoms with van der Waals surface area (Å²) in [6.07, 6.45) is 57.3. The van der Waals surface area contributed by atoms with Crippen molar-refractivity contribution in [2.75, 3.05) is 0 Å². The van der Waals surface area contributed by atoms with E-state index in [2.05, 4.69) is 104 Å². The molecule has 0 amide bonds. The van der Waals surface area contributed by atoms with E-state index in [1.807, 2.05) is 0 Å². The van der Waals surface area contributed by atoms with Crippen molar-refractivity contribution < 1.29 is 0 Å².